The van der Waals surface area contributed by atoms with E-state index in [1.807, 2.05) is 24.4 Å². The largest absolute Gasteiger partial charge is 0.352 e. The number of pyridine rings is 1. The Morgan fingerprint density at radius 1 is 1.30 bits per heavy atom. The van der Waals surface area contributed by atoms with Gasteiger partial charge in [-0.3, -0.25) is 9.88 Å². The number of hydrogen-bond donors (Lipinski definition) is 1. The molecule has 1 aliphatic heterocycles. The van der Waals surface area contributed by atoms with Gasteiger partial charge in [0.2, 0.25) is 0 Å². The first-order valence-electron chi connectivity index (χ1n) is 7.52. The number of halogens is 1. The normalized spacial score (nSPS) is 16.5. The van der Waals surface area contributed by atoms with Crippen molar-refractivity contribution in [1.82, 2.24) is 15.2 Å². The minimum Gasteiger partial charge on any atom is -0.352 e. The number of thioether (sulfide) groups is 1. The highest BCUT2D eigenvalue weighted by atomic mass is 35.5. The summed E-state index contributed by atoms with van der Waals surface area (Å²) in [5.41, 5.74) is 2.46. The number of nitrogens with zero attached hydrogens (tertiary/aromatic N) is 3. The van der Waals surface area contributed by atoms with E-state index in [9.17, 15) is 0 Å². The summed E-state index contributed by atoms with van der Waals surface area (Å²) in [4.78, 5) is 11.1. The molecule has 6 heteroatoms. The summed E-state index contributed by atoms with van der Waals surface area (Å²) in [6, 6.07) is 12.3. The van der Waals surface area contributed by atoms with Crippen LogP contribution in [0.3, 0.4) is 0 Å². The van der Waals surface area contributed by atoms with Crippen LogP contribution < -0.4 is 5.32 Å². The van der Waals surface area contributed by atoms with E-state index in [0.29, 0.717) is 12.7 Å². The van der Waals surface area contributed by atoms with Crippen LogP contribution in [0.25, 0.3) is 0 Å². The van der Waals surface area contributed by atoms with E-state index in [1.165, 1.54) is 11.1 Å². The Balaban J connectivity index is 1.53. The second-order valence-corrected chi connectivity index (χ2v) is 6.81. The van der Waals surface area contributed by atoms with Gasteiger partial charge in [-0.1, -0.05) is 41.6 Å². The molecule has 0 saturated carbocycles. The van der Waals surface area contributed by atoms with Crippen molar-refractivity contribution < 1.29 is 0 Å². The molecule has 1 aromatic carbocycles. The number of benzene rings is 1. The van der Waals surface area contributed by atoms with Crippen molar-refractivity contribution in [1.29, 1.82) is 0 Å². The number of hydrogen-bond acceptors (Lipinski definition) is 5. The van der Waals surface area contributed by atoms with Crippen LogP contribution in [0.2, 0.25) is 5.02 Å². The standard InChI is InChI=1S/C17H19ClN4S/c1-13(15-3-2-8-19-9-15)22-11-20-17(21-12-22)23-10-14-4-6-16(18)7-5-14/h2-9,13H,10-12H2,1H3,(H,20,21). The lowest BCUT2D eigenvalue weighted by molar-refractivity contribution is 0.204. The van der Waals surface area contributed by atoms with Crippen LogP contribution in [-0.4, -0.2) is 28.4 Å². The smallest absolute Gasteiger partial charge is 0.159 e. The molecule has 4 nitrogen and oxygen atoms in total. The molecule has 3 rings (SSSR count). The van der Waals surface area contributed by atoms with Crippen LogP contribution in [-0.2, 0) is 5.75 Å². The quantitative estimate of drug-likeness (QED) is 0.911. The van der Waals surface area contributed by atoms with Crippen molar-refractivity contribution in [2.75, 3.05) is 13.3 Å². The van der Waals surface area contributed by atoms with Crippen molar-refractivity contribution >= 4 is 28.5 Å². The first-order chi connectivity index (χ1) is 11.2. The minimum absolute atomic E-state index is 0.294. The van der Waals surface area contributed by atoms with Gasteiger partial charge in [-0.2, -0.15) is 0 Å². The first kappa shape index (κ1) is 16.3. The summed E-state index contributed by atoms with van der Waals surface area (Å²) < 4.78 is 0. The number of rotatable bonds is 4. The Kier molecular flexibility index (Phi) is 5.54. The molecule has 0 radical (unpaired) electrons. The van der Waals surface area contributed by atoms with Crippen LogP contribution in [0.15, 0.2) is 53.8 Å². The van der Waals surface area contributed by atoms with Gasteiger partial charge in [0.25, 0.3) is 0 Å². The predicted octanol–water partition coefficient (Wildman–Crippen LogP) is 3.91. The van der Waals surface area contributed by atoms with E-state index in [4.69, 9.17) is 11.6 Å². The molecule has 0 amide bonds. The van der Waals surface area contributed by atoms with Gasteiger partial charge in [-0.15, -0.1) is 0 Å². The molecule has 23 heavy (non-hydrogen) atoms. The van der Waals surface area contributed by atoms with Crippen molar-refractivity contribution in [3.05, 3.63) is 64.9 Å². The molecule has 0 spiro atoms. The van der Waals surface area contributed by atoms with Gasteiger partial charge in [0.1, 0.15) is 0 Å². The van der Waals surface area contributed by atoms with Crippen molar-refractivity contribution in [3.63, 3.8) is 0 Å². The Morgan fingerprint density at radius 3 is 2.78 bits per heavy atom. The lowest BCUT2D eigenvalue weighted by atomic mass is 10.1. The van der Waals surface area contributed by atoms with E-state index in [0.717, 1.165) is 22.6 Å². The topological polar surface area (TPSA) is 40.5 Å². The summed E-state index contributed by atoms with van der Waals surface area (Å²) in [5, 5.41) is 5.16. The minimum atomic E-state index is 0.294. The van der Waals surface area contributed by atoms with Crippen molar-refractivity contribution in [3.8, 4) is 0 Å². The first-order valence-corrected chi connectivity index (χ1v) is 8.88. The van der Waals surface area contributed by atoms with Crippen LogP contribution in [0.5, 0.6) is 0 Å². The van der Waals surface area contributed by atoms with Gasteiger partial charge < -0.3 is 5.32 Å². The van der Waals surface area contributed by atoms with Crippen molar-refractivity contribution in [2.45, 2.75) is 18.7 Å². The second-order valence-electron chi connectivity index (χ2n) is 5.41. The lowest BCUT2D eigenvalue weighted by Gasteiger charge is -2.31. The third-order valence-corrected chi connectivity index (χ3v) is 5.11. The van der Waals surface area contributed by atoms with E-state index in [2.05, 4.69) is 45.3 Å². The summed E-state index contributed by atoms with van der Waals surface area (Å²) >= 11 is 7.63. The Bertz CT molecular complexity index is 660. The summed E-state index contributed by atoms with van der Waals surface area (Å²) in [6.45, 7) is 3.68. The monoisotopic (exact) mass is 346 g/mol. The van der Waals surface area contributed by atoms with Crippen LogP contribution in [0.4, 0.5) is 0 Å². The van der Waals surface area contributed by atoms with Gasteiger partial charge in [-0.05, 0) is 36.2 Å². The Hall–Kier alpha value is -1.56. The molecule has 1 aromatic heterocycles. The SMILES string of the molecule is CC(c1cccnc1)N1CN=C(SCc2ccc(Cl)cc2)NC1. The maximum atomic E-state index is 5.90. The Labute approximate surface area is 146 Å². The molecule has 0 aliphatic carbocycles. The van der Waals surface area contributed by atoms with Gasteiger partial charge in [-0.25, -0.2) is 4.99 Å². The third kappa shape index (κ3) is 4.47. The van der Waals surface area contributed by atoms with Crippen LogP contribution in [0, 0.1) is 0 Å². The zero-order valence-electron chi connectivity index (χ0n) is 12.9. The second kappa shape index (κ2) is 7.81. The summed E-state index contributed by atoms with van der Waals surface area (Å²) in [7, 11) is 0. The van der Waals surface area contributed by atoms with E-state index < -0.39 is 0 Å². The number of nitrogens with one attached hydrogen (secondary N) is 1. The molecule has 1 aliphatic rings. The maximum Gasteiger partial charge on any atom is 0.159 e. The molecule has 120 valence electrons. The average molecular weight is 347 g/mol. The van der Waals surface area contributed by atoms with Crippen molar-refractivity contribution in [2.24, 2.45) is 4.99 Å². The molecular formula is C17H19ClN4S. The molecule has 2 heterocycles. The highest BCUT2D eigenvalue weighted by molar-refractivity contribution is 8.13. The third-order valence-electron chi connectivity index (χ3n) is 3.83. The van der Waals surface area contributed by atoms with Crippen LogP contribution >= 0.6 is 23.4 Å². The summed E-state index contributed by atoms with van der Waals surface area (Å²) in [6.07, 6.45) is 3.72. The molecule has 0 fully saturated rings. The predicted molar refractivity (Wildman–Crippen MR) is 97.5 cm³/mol. The fraction of sp³-hybridized carbons (Fsp3) is 0.294. The zero-order valence-corrected chi connectivity index (χ0v) is 14.5. The average Bonchev–Trinajstić information content (AvgIpc) is 2.62. The van der Waals surface area contributed by atoms with Crippen LogP contribution in [0.1, 0.15) is 24.1 Å². The fourth-order valence-electron chi connectivity index (χ4n) is 2.35. The number of aliphatic imine (C=N–C) groups is 1. The molecule has 1 atom stereocenters. The molecule has 1 unspecified atom stereocenters. The molecular weight excluding hydrogens is 328 g/mol. The highest BCUT2D eigenvalue weighted by Crippen LogP contribution is 2.21. The van der Waals surface area contributed by atoms with Gasteiger partial charge in [0.05, 0.1) is 13.3 Å². The molecule has 0 saturated heterocycles. The number of aromatic nitrogens is 1. The summed E-state index contributed by atoms with van der Waals surface area (Å²) in [5.74, 6) is 0.890. The van der Waals surface area contributed by atoms with Gasteiger partial charge >= 0.3 is 0 Å². The van der Waals surface area contributed by atoms with Gasteiger partial charge in [0, 0.05) is 29.2 Å². The van der Waals surface area contributed by atoms with E-state index >= 15 is 0 Å². The van der Waals surface area contributed by atoms with E-state index in [1.54, 1.807) is 18.0 Å². The number of amidine groups is 1. The maximum absolute atomic E-state index is 5.90. The highest BCUT2D eigenvalue weighted by Gasteiger charge is 2.19. The molecule has 0 bridgehead atoms. The fourth-order valence-corrected chi connectivity index (χ4v) is 3.29. The van der Waals surface area contributed by atoms with E-state index in [-0.39, 0.29) is 0 Å². The molecule has 1 N–H and O–H groups in total. The lowest BCUT2D eigenvalue weighted by Crippen LogP contribution is -2.42. The van der Waals surface area contributed by atoms with Gasteiger partial charge in [0.15, 0.2) is 5.17 Å². The Morgan fingerprint density at radius 2 is 2.13 bits per heavy atom. The zero-order chi connectivity index (χ0) is 16.1. The molecule has 2 aromatic rings.